The first-order valence-corrected chi connectivity index (χ1v) is 7.92. The number of nitrogens with zero attached hydrogens (tertiary/aromatic N) is 1. The van der Waals surface area contributed by atoms with E-state index in [1.165, 1.54) is 0 Å². The number of likely N-dealkylation sites (tertiary alicyclic amines) is 1. The van der Waals surface area contributed by atoms with Crippen LogP contribution < -0.4 is 5.32 Å². The molecule has 124 valence electrons. The Balaban J connectivity index is 1.76. The smallest absolute Gasteiger partial charge is 0.409 e. The van der Waals surface area contributed by atoms with Crippen molar-refractivity contribution in [1.29, 1.82) is 0 Å². The summed E-state index contributed by atoms with van der Waals surface area (Å²) in [4.78, 5) is 13.7. The third-order valence-corrected chi connectivity index (χ3v) is 3.80. The fourth-order valence-electron chi connectivity index (χ4n) is 2.56. The number of aliphatic hydroxyl groups is 1. The molecule has 0 saturated carbocycles. The third-order valence-electron chi connectivity index (χ3n) is 3.80. The van der Waals surface area contributed by atoms with Crippen LogP contribution in [0.15, 0.2) is 22.8 Å². The molecule has 0 aromatic carbocycles. The van der Waals surface area contributed by atoms with Crippen LogP contribution in [0.25, 0.3) is 0 Å². The normalized spacial score (nSPS) is 17.7. The van der Waals surface area contributed by atoms with E-state index in [2.05, 4.69) is 5.32 Å². The number of ether oxygens (including phenoxy) is 1. The van der Waals surface area contributed by atoms with Crippen LogP contribution in [0.4, 0.5) is 4.79 Å². The number of furan rings is 1. The molecule has 2 N–H and O–H groups in total. The molecule has 2 rings (SSSR count). The van der Waals surface area contributed by atoms with Gasteiger partial charge in [0.2, 0.25) is 0 Å². The van der Waals surface area contributed by atoms with E-state index in [4.69, 9.17) is 9.15 Å². The molecule has 1 fully saturated rings. The van der Waals surface area contributed by atoms with Crippen molar-refractivity contribution >= 4 is 6.09 Å². The van der Waals surface area contributed by atoms with Gasteiger partial charge >= 0.3 is 6.09 Å². The van der Waals surface area contributed by atoms with Gasteiger partial charge in [0.25, 0.3) is 0 Å². The highest BCUT2D eigenvalue weighted by Crippen LogP contribution is 2.18. The van der Waals surface area contributed by atoms with E-state index in [0.717, 1.165) is 18.6 Å². The van der Waals surface area contributed by atoms with Crippen LogP contribution in [0, 0.1) is 5.92 Å². The van der Waals surface area contributed by atoms with Crippen molar-refractivity contribution < 1.29 is 19.1 Å². The Morgan fingerprint density at radius 3 is 2.77 bits per heavy atom. The molecule has 0 spiro atoms. The highest BCUT2D eigenvalue weighted by atomic mass is 16.6. The predicted molar refractivity (Wildman–Crippen MR) is 82.5 cm³/mol. The second-order valence-corrected chi connectivity index (χ2v) is 6.15. The Hall–Kier alpha value is -1.53. The number of carbonyl (C=O) groups is 1. The van der Waals surface area contributed by atoms with Gasteiger partial charge in [-0.2, -0.15) is 0 Å². The zero-order valence-corrected chi connectivity index (χ0v) is 13.3. The molecule has 22 heavy (non-hydrogen) atoms. The van der Waals surface area contributed by atoms with Crippen LogP contribution >= 0.6 is 0 Å². The molecule has 1 aliphatic rings. The van der Waals surface area contributed by atoms with Gasteiger partial charge in [-0.3, -0.25) is 0 Å². The molecule has 2 heterocycles. The summed E-state index contributed by atoms with van der Waals surface area (Å²) < 4.78 is 10.6. The fourth-order valence-corrected chi connectivity index (χ4v) is 2.56. The predicted octanol–water partition coefficient (Wildman–Crippen LogP) is 2.16. The topological polar surface area (TPSA) is 74.9 Å². The second kappa shape index (κ2) is 8.19. The fraction of sp³-hybridized carbons (Fsp3) is 0.688. The lowest BCUT2D eigenvalue weighted by Gasteiger charge is -2.33. The molecule has 6 heteroatoms. The molecule has 1 amide bonds. The molecule has 0 radical (unpaired) electrons. The van der Waals surface area contributed by atoms with Gasteiger partial charge in [0.15, 0.2) is 0 Å². The summed E-state index contributed by atoms with van der Waals surface area (Å²) in [6.45, 7) is 5.84. The average Bonchev–Trinajstić information content (AvgIpc) is 3.05. The largest absolute Gasteiger partial charge is 0.468 e. The highest BCUT2D eigenvalue weighted by molar-refractivity contribution is 5.67. The average molecular weight is 310 g/mol. The summed E-state index contributed by atoms with van der Waals surface area (Å²) in [6, 6.07) is 3.73. The highest BCUT2D eigenvalue weighted by Gasteiger charge is 2.26. The number of carbonyl (C=O) groups excluding carboxylic acids is 1. The third kappa shape index (κ3) is 4.74. The number of hydrogen-bond acceptors (Lipinski definition) is 5. The summed E-state index contributed by atoms with van der Waals surface area (Å²) in [5, 5.41) is 12.9. The van der Waals surface area contributed by atoms with Gasteiger partial charge in [-0.25, -0.2) is 4.79 Å². The number of aliphatic hydroxyl groups excluding tert-OH is 1. The van der Waals surface area contributed by atoms with Crippen molar-refractivity contribution in [3.8, 4) is 0 Å². The number of nitrogens with one attached hydrogen (secondary N) is 1. The maximum Gasteiger partial charge on any atom is 0.409 e. The van der Waals surface area contributed by atoms with Crippen molar-refractivity contribution in [3.63, 3.8) is 0 Å². The van der Waals surface area contributed by atoms with E-state index in [1.54, 1.807) is 11.2 Å². The number of piperidine rings is 1. The first-order valence-electron chi connectivity index (χ1n) is 7.92. The molecule has 6 nitrogen and oxygen atoms in total. The minimum atomic E-state index is -0.225. The summed E-state index contributed by atoms with van der Waals surface area (Å²) >= 11 is 0. The quantitative estimate of drug-likeness (QED) is 0.842. The van der Waals surface area contributed by atoms with Crippen LogP contribution in [-0.4, -0.2) is 48.4 Å². The molecule has 1 unspecified atom stereocenters. The monoisotopic (exact) mass is 310 g/mol. The summed E-state index contributed by atoms with van der Waals surface area (Å²) in [5.41, 5.74) is 0. The van der Waals surface area contributed by atoms with Crippen molar-refractivity contribution in [2.75, 3.05) is 26.3 Å². The van der Waals surface area contributed by atoms with Crippen LogP contribution in [0.1, 0.15) is 38.5 Å². The SMILES string of the molecule is CC(C)COC(=O)N1CCC(NC(CO)c2ccco2)CC1. The molecule has 1 saturated heterocycles. The molecule has 1 aromatic heterocycles. The lowest BCUT2D eigenvalue weighted by Crippen LogP contribution is -2.46. The van der Waals surface area contributed by atoms with Gasteiger partial charge in [-0.05, 0) is 30.9 Å². The van der Waals surface area contributed by atoms with Crippen molar-refractivity contribution in [2.24, 2.45) is 5.92 Å². The second-order valence-electron chi connectivity index (χ2n) is 6.15. The standard InChI is InChI=1S/C16H26N2O4/c1-12(2)11-22-16(20)18-7-5-13(6-8-18)17-14(10-19)15-4-3-9-21-15/h3-4,9,12-14,17,19H,5-8,10-11H2,1-2H3. The van der Waals surface area contributed by atoms with Gasteiger partial charge < -0.3 is 24.5 Å². The molecule has 1 aliphatic heterocycles. The number of hydrogen-bond donors (Lipinski definition) is 2. The zero-order valence-electron chi connectivity index (χ0n) is 13.3. The lowest BCUT2D eigenvalue weighted by molar-refractivity contribution is 0.0796. The van der Waals surface area contributed by atoms with Gasteiger partial charge in [-0.1, -0.05) is 13.8 Å². The van der Waals surface area contributed by atoms with Gasteiger partial charge in [-0.15, -0.1) is 0 Å². The van der Waals surface area contributed by atoms with Crippen molar-refractivity contribution in [2.45, 2.75) is 38.8 Å². The Morgan fingerprint density at radius 1 is 1.50 bits per heavy atom. The van der Waals surface area contributed by atoms with Crippen LogP contribution in [0.2, 0.25) is 0 Å². The maximum absolute atomic E-state index is 11.9. The van der Waals surface area contributed by atoms with Crippen molar-refractivity contribution in [1.82, 2.24) is 10.2 Å². The Kier molecular flexibility index (Phi) is 6.27. The molecule has 0 aliphatic carbocycles. The van der Waals surface area contributed by atoms with Gasteiger partial charge in [0.1, 0.15) is 5.76 Å². The molecule has 0 bridgehead atoms. The van der Waals surface area contributed by atoms with Crippen LogP contribution in [-0.2, 0) is 4.74 Å². The zero-order chi connectivity index (χ0) is 15.9. The van der Waals surface area contributed by atoms with E-state index >= 15 is 0 Å². The maximum atomic E-state index is 11.9. The van der Waals surface area contributed by atoms with Crippen LogP contribution in [0.5, 0.6) is 0 Å². The van der Waals surface area contributed by atoms with Gasteiger partial charge in [0.05, 0.1) is 25.5 Å². The van der Waals surface area contributed by atoms with E-state index < -0.39 is 0 Å². The summed E-state index contributed by atoms with van der Waals surface area (Å²) in [5.74, 6) is 1.09. The van der Waals surface area contributed by atoms with Crippen molar-refractivity contribution in [3.05, 3.63) is 24.2 Å². The van der Waals surface area contributed by atoms with E-state index in [-0.39, 0.29) is 24.8 Å². The molecule has 1 aromatic rings. The first kappa shape index (κ1) is 16.8. The molecule has 1 atom stereocenters. The lowest BCUT2D eigenvalue weighted by atomic mass is 10.0. The minimum absolute atomic E-state index is 0.00976. The van der Waals surface area contributed by atoms with E-state index in [1.807, 2.05) is 26.0 Å². The molecular weight excluding hydrogens is 284 g/mol. The number of rotatable bonds is 6. The van der Waals surface area contributed by atoms with E-state index in [9.17, 15) is 9.90 Å². The number of amides is 1. The van der Waals surface area contributed by atoms with Crippen LogP contribution in [0.3, 0.4) is 0 Å². The molecular formula is C16H26N2O4. The Morgan fingerprint density at radius 2 is 2.23 bits per heavy atom. The summed E-state index contributed by atoms with van der Waals surface area (Å²) in [7, 11) is 0. The van der Waals surface area contributed by atoms with Gasteiger partial charge in [0, 0.05) is 19.1 Å². The summed E-state index contributed by atoms with van der Waals surface area (Å²) in [6.07, 6.45) is 3.06. The Labute approximate surface area is 131 Å². The van der Waals surface area contributed by atoms with E-state index in [0.29, 0.717) is 25.6 Å². The minimum Gasteiger partial charge on any atom is -0.468 e. The Bertz CT molecular complexity index is 439. The first-order chi connectivity index (χ1) is 10.6.